The standard InChI is InChI=1S/C24H18N2O4/c25-15-20(23(27)26-21-7-2-1-3-8-21)13-17-9-11-22(12-10-17)30-16-18-5-4-6-19(14-18)24(28)29/h1-14H,16H2,(H,26,27)(H,28,29)/b20-13-. The zero-order valence-electron chi connectivity index (χ0n) is 15.9. The maximum absolute atomic E-state index is 12.3. The molecule has 0 bridgehead atoms. The van der Waals surface area contributed by atoms with E-state index in [1.54, 1.807) is 66.7 Å². The van der Waals surface area contributed by atoms with Gasteiger partial charge in [-0.15, -0.1) is 0 Å². The van der Waals surface area contributed by atoms with Gasteiger partial charge in [0.05, 0.1) is 5.56 Å². The van der Waals surface area contributed by atoms with Gasteiger partial charge in [0.2, 0.25) is 0 Å². The predicted molar refractivity (Wildman–Crippen MR) is 113 cm³/mol. The Morgan fingerprint density at radius 3 is 2.40 bits per heavy atom. The molecule has 0 spiro atoms. The SMILES string of the molecule is N#C/C(=C/c1ccc(OCc2cccc(C(=O)O)c2)cc1)C(=O)Nc1ccccc1. The molecule has 0 saturated carbocycles. The van der Waals surface area contributed by atoms with Crippen LogP contribution in [-0.4, -0.2) is 17.0 Å². The van der Waals surface area contributed by atoms with Gasteiger partial charge in [-0.25, -0.2) is 4.79 Å². The van der Waals surface area contributed by atoms with Crippen molar-refractivity contribution in [1.29, 1.82) is 5.26 Å². The first-order valence-corrected chi connectivity index (χ1v) is 9.08. The number of aromatic carboxylic acids is 1. The van der Waals surface area contributed by atoms with Crippen LogP contribution in [0, 0.1) is 11.3 Å². The van der Waals surface area contributed by atoms with Crippen LogP contribution in [0.15, 0.2) is 84.4 Å². The van der Waals surface area contributed by atoms with Gasteiger partial charge in [-0.1, -0.05) is 42.5 Å². The molecule has 2 N–H and O–H groups in total. The summed E-state index contributed by atoms with van der Waals surface area (Å²) in [5.41, 5.74) is 2.21. The number of para-hydroxylation sites is 1. The first kappa shape index (κ1) is 20.4. The van der Waals surface area contributed by atoms with E-state index >= 15 is 0 Å². The predicted octanol–water partition coefficient (Wildman–Crippen LogP) is 4.51. The third-order valence-corrected chi connectivity index (χ3v) is 4.17. The van der Waals surface area contributed by atoms with Crippen LogP contribution in [0.25, 0.3) is 6.08 Å². The fourth-order valence-electron chi connectivity index (χ4n) is 2.66. The Bertz CT molecular complexity index is 1110. The van der Waals surface area contributed by atoms with Crippen LogP contribution in [0.1, 0.15) is 21.5 Å². The number of anilines is 1. The number of ether oxygens (including phenoxy) is 1. The van der Waals surface area contributed by atoms with Gasteiger partial charge >= 0.3 is 5.97 Å². The average Bonchev–Trinajstić information content (AvgIpc) is 2.77. The third kappa shape index (κ3) is 5.57. The van der Waals surface area contributed by atoms with Crippen LogP contribution in [0.3, 0.4) is 0 Å². The van der Waals surface area contributed by atoms with Crippen molar-refractivity contribution in [3.8, 4) is 11.8 Å². The summed E-state index contributed by atoms with van der Waals surface area (Å²) in [5, 5.41) is 21.0. The molecule has 30 heavy (non-hydrogen) atoms. The number of hydrogen-bond acceptors (Lipinski definition) is 4. The molecule has 0 heterocycles. The number of carbonyl (C=O) groups excluding carboxylic acids is 1. The summed E-state index contributed by atoms with van der Waals surface area (Å²) in [4.78, 5) is 23.3. The number of nitrogens with one attached hydrogen (secondary N) is 1. The van der Waals surface area contributed by atoms with Gasteiger partial charge in [0, 0.05) is 5.69 Å². The van der Waals surface area contributed by atoms with E-state index in [1.165, 1.54) is 12.1 Å². The minimum atomic E-state index is -0.988. The number of carboxylic acids is 1. The lowest BCUT2D eigenvalue weighted by atomic mass is 10.1. The van der Waals surface area contributed by atoms with Crippen LogP contribution in [-0.2, 0) is 11.4 Å². The molecule has 3 aromatic carbocycles. The molecule has 6 nitrogen and oxygen atoms in total. The topological polar surface area (TPSA) is 99.4 Å². The van der Waals surface area contributed by atoms with E-state index in [0.717, 1.165) is 5.56 Å². The van der Waals surface area contributed by atoms with E-state index in [2.05, 4.69) is 5.32 Å². The molecule has 0 aliphatic carbocycles. The molecular formula is C24H18N2O4. The maximum atomic E-state index is 12.3. The number of carboxylic acid groups (broad SMARTS) is 1. The second kappa shape index (κ2) is 9.71. The van der Waals surface area contributed by atoms with Crippen LogP contribution in [0.2, 0.25) is 0 Å². The van der Waals surface area contributed by atoms with Crippen LogP contribution in [0.5, 0.6) is 5.75 Å². The minimum absolute atomic E-state index is 0.0157. The quantitative estimate of drug-likeness (QED) is 0.451. The van der Waals surface area contributed by atoms with Gasteiger partial charge in [0.25, 0.3) is 5.91 Å². The second-order valence-corrected chi connectivity index (χ2v) is 6.35. The fraction of sp³-hybridized carbons (Fsp3) is 0.0417. The Morgan fingerprint density at radius 1 is 1.00 bits per heavy atom. The Balaban J connectivity index is 1.64. The summed E-state index contributed by atoms with van der Waals surface area (Å²) in [5.74, 6) is -0.889. The smallest absolute Gasteiger partial charge is 0.335 e. The van der Waals surface area contributed by atoms with Crippen LogP contribution in [0.4, 0.5) is 5.69 Å². The number of rotatable bonds is 7. The van der Waals surface area contributed by atoms with E-state index in [-0.39, 0.29) is 17.7 Å². The Kier molecular flexibility index (Phi) is 6.59. The molecule has 0 saturated heterocycles. The monoisotopic (exact) mass is 398 g/mol. The van der Waals surface area contributed by atoms with Crippen molar-refractivity contribution < 1.29 is 19.4 Å². The first-order chi connectivity index (χ1) is 14.5. The number of carbonyl (C=O) groups is 2. The maximum Gasteiger partial charge on any atom is 0.335 e. The minimum Gasteiger partial charge on any atom is -0.489 e. The van der Waals surface area contributed by atoms with E-state index in [4.69, 9.17) is 9.84 Å². The molecule has 6 heteroatoms. The Labute approximate surface area is 173 Å². The summed E-state index contributed by atoms with van der Waals surface area (Å²) in [6.07, 6.45) is 1.50. The Hall–Kier alpha value is -4.37. The lowest BCUT2D eigenvalue weighted by Gasteiger charge is -2.07. The van der Waals surface area contributed by atoms with E-state index in [0.29, 0.717) is 17.0 Å². The van der Waals surface area contributed by atoms with Crippen molar-refractivity contribution in [2.75, 3.05) is 5.32 Å². The summed E-state index contributed by atoms with van der Waals surface area (Å²) >= 11 is 0. The summed E-state index contributed by atoms with van der Waals surface area (Å²) in [7, 11) is 0. The highest BCUT2D eigenvalue weighted by molar-refractivity contribution is 6.09. The molecule has 0 aromatic heterocycles. The largest absolute Gasteiger partial charge is 0.489 e. The highest BCUT2D eigenvalue weighted by atomic mass is 16.5. The van der Waals surface area contributed by atoms with Gasteiger partial charge in [-0.3, -0.25) is 4.79 Å². The van der Waals surface area contributed by atoms with Gasteiger partial charge in [0.15, 0.2) is 0 Å². The van der Waals surface area contributed by atoms with E-state index in [1.807, 2.05) is 12.1 Å². The van der Waals surface area contributed by atoms with Crippen molar-refractivity contribution in [3.05, 3.63) is 101 Å². The zero-order chi connectivity index (χ0) is 21.3. The normalized spacial score (nSPS) is 10.7. The molecule has 1 amide bonds. The number of amides is 1. The highest BCUT2D eigenvalue weighted by Crippen LogP contribution is 2.17. The molecule has 0 fully saturated rings. The molecular weight excluding hydrogens is 380 g/mol. The van der Waals surface area contributed by atoms with Crippen molar-refractivity contribution in [2.45, 2.75) is 6.61 Å². The van der Waals surface area contributed by atoms with Gasteiger partial charge < -0.3 is 15.2 Å². The second-order valence-electron chi connectivity index (χ2n) is 6.35. The summed E-state index contributed by atoms with van der Waals surface area (Å²) in [6, 6.07) is 24.3. The van der Waals surface area contributed by atoms with Gasteiger partial charge in [0.1, 0.15) is 24.0 Å². The molecule has 0 aliphatic heterocycles. The van der Waals surface area contributed by atoms with Crippen LogP contribution >= 0.6 is 0 Å². The van der Waals surface area contributed by atoms with Crippen molar-refractivity contribution in [1.82, 2.24) is 0 Å². The number of hydrogen-bond donors (Lipinski definition) is 2. The van der Waals surface area contributed by atoms with E-state index in [9.17, 15) is 14.9 Å². The van der Waals surface area contributed by atoms with Gasteiger partial charge in [-0.05, 0) is 53.6 Å². The van der Waals surface area contributed by atoms with Crippen molar-refractivity contribution in [2.24, 2.45) is 0 Å². The molecule has 0 aliphatic rings. The summed E-state index contributed by atoms with van der Waals surface area (Å²) in [6.45, 7) is 0.221. The van der Waals surface area contributed by atoms with E-state index < -0.39 is 11.9 Å². The summed E-state index contributed by atoms with van der Waals surface area (Å²) < 4.78 is 5.68. The average molecular weight is 398 g/mol. The van der Waals surface area contributed by atoms with Crippen molar-refractivity contribution in [3.63, 3.8) is 0 Å². The number of nitrogens with zero attached hydrogens (tertiary/aromatic N) is 1. The molecule has 148 valence electrons. The lowest BCUT2D eigenvalue weighted by Crippen LogP contribution is -2.13. The number of nitriles is 1. The molecule has 3 rings (SSSR count). The Morgan fingerprint density at radius 2 is 1.73 bits per heavy atom. The highest BCUT2D eigenvalue weighted by Gasteiger charge is 2.09. The fourth-order valence-corrected chi connectivity index (χ4v) is 2.66. The van der Waals surface area contributed by atoms with Gasteiger partial charge in [-0.2, -0.15) is 5.26 Å². The molecule has 3 aromatic rings. The lowest BCUT2D eigenvalue weighted by molar-refractivity contribution is -0.112. The number of benzene rings is 3. The molecule has 0 radical (unpaired) electrons. The third-order valence-electron chi connectivity index (χ3n) is 4.17. The van der Waals surface area contributed by atoms with Crippen LogP contribution < -0.4 is 10.1 Å². The van der Waals surface area contributed by atoms with Crippen molar-refractivity contribution >= 4 is 23.6 Å². The molecule has 0 unspecified atom stereocenters. The zero-order valence-corrected chi connectivity index (χ0v) is 15.9. The first-order valence-electron chi connectivity index (χ1n) is 9.08. The molecule has 0 atom stereocenters.